The van der Waals surface area contributed by atoms with Gasteiger partial charge in [-0.2, -0.15) is 0 Å². The summed E-state index contributed by atoms with van der Waals surface area (Å²) in [4.78, 5) is 0. The van der Waals surface area contributed by atoms with Gasteiger partial charge in [0.05, 0.1) is 5.60 Å². The predicted octanol–water partition coefficient (Wildman–Crippen LogP) is 1.28. The molecular weight excluding hydrogens is 150 g/mol. The summed E-state index contributed by atoms with van der Waals surface area (Å²) in [5.41, 5.74) is 5.44. The third-order valence-electron chi connectivity index (χ3n) is 3.95. The first-order valence-corrected chi connectivity index (χ1v) is 5.11. The van der Waals surface area contributed by atoms with Crippen LogP contribution in [0.25, 0.3) is 0 Å². The van der Waals surface area contributed by atoms with Crippen LogP contribution < -0.4 is 5.73 Å². The van der Waals surface area contributed by atoms with Crippen molar-refractivity contribution in [2.75, 3.05) is 6.54 Å². The lowest BCUT2D eigenvalue weighted by Gasteiger charge is -2.35. The Morgan fingerprint density at radius 3 is 2.33 bits per heavy atom. The Hall–Kier alpha value is -0.0800. The molecule has 1 unspecified atom stereocenters. The van der Waals surface area contributed by atoms with Gasteiger partial charge in [0.15, 0.2) is 0 Å². The number of rotatable bonds is 4. The van der Waals surface area contributed by atoms with Crippen LogP contribution in [0.5, 0.6) is 0 Å². The second-order valence-electron chi connectivity index (χ2n) is 4.54. The molecule has 0 aromatic carbocycles. The van der Waals surface area contributed by atoms with E-state index in [-0.39, 0.29) is 5.41 Å². The van der Waals surface area contributed by atoms with Crippen LogP contribution in [0.1, 0.15) is 39.0 Å². The Balaban J connectivity index is 2.15. The van der Waals surface area contributed by atoms with E-state index in [1.54, 1.807) is 0 Å². The highest BCUT2D eigenvalue weighted by molar-refractivity contribution is 5.13. The number of hydrogen-bond acceptors (Lipinski definition) is 2. The topological polar surface area (TPSA) is 46.2 Å². The summed E-state index contributed by atoms with van der Waals surface area (Å²) in [6.45, 7) is 2.77. The summed E-state index contributed by atoms with van der Waals surface area (Å²) in [5, 5.41) is 10.5. The van der Waals surface area contributed by atoms with Gasteiger partial charge in [-0.25, -0.2) is 0 Å². The van der Waals surface area contributed by atoms with Crippen LogP contribution in [0.3, 0.4) is 0 Å². The molecule has 2 aliphatic carbocycles. The van der Waals surface area contributed by atoms with Crippen molar-refractivity contribution in [1.29, 1.82) is 0 Å². The number of nitrogens with two attached hydrogens (primary N) is 1. The maximum Gasteiger partial charge on any atom is 0.0741 e. The fourth-order valence-electron chi connectivity index (χ4n) is 2.62. The van der Waals surface area contributed by atoms with Crippen molar-refractivity contribution in [1.82, 2.24) is 0 Å². The molecule has 2 rings (SSSR count). The highest BCUT2D eigenvalue weighted by atomic mass is 16.3. The van der Waals surface area contributed by atoms with Gasteiger partial charge in [0, 0.05) is 12.0 Å². The van der Waals surface area contributed by atoms with Crippen molar-refractivity contribution in [3.8, 4) is 0 Å². The van der Waals surface area contributed by atoms with E-state index in [1.807, 2.05) is 0 Å². The maximum atomic E-state index is 10.5. The Labute approximate surface area is 74.1 Å². The van der Waals surface area contributed by atoms with Gasteiger partial charge < -0.3 is 10.8 Å². The van der Waals surface area contributed by atoms with Gasteiger partial charge in [0.2, 0.25) is 0 Å². The summed E-state index contributed by atoms with van der Waals surface area (Å²) >= 11 is 0. The lowest BCUT2D eigenvalue weighted by atomic mass is 9.78. The fourth-order valence-corrected chi connectivity index (χ4v) is 2.62. The van der Waals surface area contributed by atoms with Crippen LogP contribution in [-0.4, -0.2) is 17.3 Å². The molecule has 0 aromatic rings. The van der Waals surface area contributed by atoms with Crippen LogP contribution in [-0.2, 0) is 0 Å². The van der Waals surface area contributed by atoms with Gasteiger partial charge in [-0.15, -0.1) is 0 Å². The molecule has 0 aliphatic heterocycles. The standard InChI is InChI=1S/C10H19NO/c1-2-10(12,8-3-4-8)9(7-11)5-6-9/h8,12H,2-7,11H2,1H3. The SMILES string of the molecule is CCC(O)(C1CC1)C1(CN)CC1. The summed E-state index contributed by atoms with van der Waals surface area (Å²) in [7, 11) is 0. The van der Waals surface area contributed by atoms with Crippen LogP contribution in [0.4, 0.5) is 0 Å². The van der Waals surface area contributed by atoms with Gasteiger partial charge >= 0.3 is 0 Å². The van der Waals surface area contributed by atoms with E-state index in [0.717, 1.165) is 19.3 Å². The molecule has 0 aromatic heterocycles. The Bertz CT molecular complexity index is 184. The zero-order valence-corrected chi connectivity index (χ0v) is 7.84. The molecule has 2 aliphatic rings. The zero-order valence-electron chi connectivity index (χ0n) is 7.84. The molecule has 2 saturated carbocycles. The minimum absolute atomic E-state index is 0.114. The molecule has 0 spiro atoms. The fraction of sp³-hybridized carbons (Fsp3) is 1.00. The van der Waals surface area contributed by atoms with E-state index in [4.69, 9.17) is 5.73 Å². The van der Waals surface area contributed by atoms with Crippen molar-refractivity contribution in [2.45, 2.75) is 44.6 Å². The summed E-state index contributed by atoms with van der Waals surface area (Å²) < 4.78 is 0. The van der Waals surface area contributed by atoms with Crippen LogP contribution in [0, 0.1) is 11.3 Å². The summed E-state index contributed by atoms with van der Waals surface area (Å²) in [6, 6.07) is 0. The van der Waals surface area contributed by atoms with E-state index in [2.05, 4.69) is 6.92 Å². The lowest BCUT2D eigenvalue weighted by molar-refractivity contribution is -0.0530. The number of hydrogen-bond donors (Lipinski definition) is 2. The molecule has 1 atom stereocenters. The quantitative estimate of drug-likeness (QED) is 0.666. The third-order valence-corrected chi connectivity index (χ3v) is 3.95. The smallest absolute Gasteiger partial charge is 0.0741 e. The first-order valence-electron chi connectivity index (χ1n) is 5.11. The predicted molar refractivity (Wildman–Crippen MR) is 48.7 cm³/mol. The molecule has 0 heterocycles. The van der Waals surface area contributed by atoms with Gasteiger partial charge in [0.1, 0.15) is 0 Å². The molecular formula is C10H19NO. The van der Waals surface area contributed by atoms with Crippen LogP contribution >= 0.6 is 0 Å². The molecule has 0 bridgehead atoms. The minimum atomic E-state index is -0.415. The summed E-state index contributed by atoms with van der Waals surface area (Å²) in [6.07, 6.45) is 5.60. The summed E-state index contributed by atoms with van der Waals surface area (Å²) in [5.74, 6) is 0.563. The van der Waals surface area contributed by atoms with E-state index in [0.29, 0.717) is 12.5 Å². The second kappa shape index (κ2) is 2.46. The Kier molecular flexibility index (Phi) is 1.74. The van der Waals surface area contributed by atoms with Crippen LogP contribution in [0.15, 0.2) is 0 Å². The van der Waals surface area contributed by atoms with E-state index in [1.165, 1.54) is 12.8 Å². The van der Waals surface area contributed by atoms with Crippen molar-refractivity contribution in [2.24, 2.45) is 17.1 Å². The van der Waals surface area contributed by atoms with E-state index >= 15 is 0 Å². The van der Waals surface area contributed by atoms with Crippen molar-refractivity contribution in [3.05, 3.63) is 0 Å². The first kappa shape index (κ1) is 8.52. The average molecular weight is 169 g/mol. The van der Waals surface area contributed by atoms with Gasteiger partial charge in [-0.3, -0.25) is 0 Å². The van der Waals surface area contributed by atoms with E-state index < -0.39 is 5.60 Å². The normalized spacial score (nSPS) is 31.2. The highest BCUT2D eigenvalue weighted by Gasteiger charge is 2.62. The molecule has 2 fully saturated rings. The largest absolute Gasteiger partial charge is 0.389 e. The minimum Gasteiger partial charge on any atom is -0.389 e. The molecule has 2 heteroatoms. The monoisotopic (exact) mass is 169 g/mol. The van der Waals surface area contributed by atoms with Gasteiger partial charge in [-0.05, 0) is 38.0 Å². The Morgan fingerprint density at radius 2 is 2.08 bits per heavy atom. The molecule has 0 amide bonds. The maximum absolute atomic E-state index is 10.5. The van der Waals surface area contributed by atoms with Crippen LogP contribution in [0.2, 0.25) is 0 Å². The molecule has 2 nitrogen and oxygen atoms in total. The van der Waals surface area contributed by atoms with Gasteiger partial charge in [-0.1, -0.05) is 6.92 Å². The first-order chi connectivity index (χ1) is 5.68. The zero-order chi connectivity index (χ0) is 8.82. The molecule has 3 N–H and O–H groups in total. The van der Waals surface area contributed by atoms with Crippen molar-refractivity contribution in [3.63, 3.8) is 0 Å². The molecule has 12 heavy (non-hydrogen) atoms. The van der Waals surface area contributed by atoms with Gasteiger partial charge in [0.25, 0.3) is 0 Å². The second-order valence-corrected chi connectivity index (χ2v) is 4.54. The Morgan fingerprint density at radius 1 is 1.50 bits per heavy atom. The molecule has 70 valence electrons. The lowest BCUT2D eigenvalue weighted by Crippen LogP contribution is -2.45. The number of aliphatic hydroxyl groups is 1. The van der Waals surface area contributed by atoms with E-state index in [9.17, 15) is 5.11 Å². The molecule has 0 saturated heterocycles. The average Bonchev–Trinajstić information content (AvgIpc) is 2.93. The molecule has 0 radical (unpaired) electrons. The van der Waals surface area contributed by atoms with Crippen molar-refractivity contribution < 1.29 is 5.11 Å². The highest BCUT2D eigenvalue weighted by Crippen LogP contribution is 2.61. The van der Waals surface area contributed by atoms with Crippen molar-refractivity contribution >= 4 is 0 Å². The third kappa shape index (κ3) is 0.944.